The predicted molar refractivity (Wildman–Crippen MR) is 146 cm³/mol. The second-order valence-electron chi connectivity index (χ2n) is 9.61. The van der Waals surface area contributed by atoms with Crippen molar-refractivity contribution in [3.05, 3.63) is 84.1 Å². The summed E-state index contributed by atoms with van der Waals surface area (Å²) in [4.78, 5) is 12.5. The summed E-state index contributed by atoms with van der Waals surface area (Å²) in [5.41, 5.74) is 3.07. The molecule has 1 saturated heterocycles. The van der Waals surface area contributed by atoms with Gasteiger partial charge in [-0.3, -0.25) is 0 Å². The maximum Gasteiger partial charge on any atom is 0.243 e. The Morgan fingerprint density at radius 1 is 0.806 bits per heavy atom. The first kappa shape index (κ1) is 24.4. The predicted octanol–water partition coefficient (Wildman–Crippen LogP) is 5.63. The molecule has 2 heterocycles. The zero-order valence-electron chi connectivity index (χ0n) is 21.1. The lowest BCUT2D eigenvalue weighted by Crippen LogP contribution is -2.36. The average Bonchev–Trinajstić information content (AvgIpc) is 3.15. The quantitative estimate of drug-likeness (QED) is 0.355. The molecule has 6 nitrogen and oxygen atoms in total. The van der Waals surface area contributed by atoms with E-state index in [4.69, 9.17) is 9.97 Å². The van der Waals surface area contributed by atoms with Crippen LogP contribution in [0.25, 0.3) is 22.2 Å². The number of aryl methyl sites for hydroxylation is 1. The summed E-state index contributed by atoms with van der Waals surface area (Å²) < 4.78 is 29.1. The maximum atomic E-state index is 13.7. The minimum atomic E-state index is -3.63. The lowest BCUT2D eigenvalue weighted by molar-refractivity contribution is 0.433. The van der Waals surface area contributed by atoms with Crippen molar-refractivity contribution >= 4 is 26.6 Å². The highest BCUT2D eigenvalue weighted by Crippen LogP contribution is 2.32. The summed E-state index contributed by atoms with van der Waals surface area (Å²) in [5, 5.41) is 1.70. The number of aromatic nitrogens is 2. The Balaban J connectivity index is 1.47. The van der Waals surface area contributed by atoms with E-state index in [1.165, 1.54) is 0 Å². The smallest absolute Gasteiger partial charge is 0.243 e. The van der Waals surface area contributed by atoms with Crippen LogP contribution >= 0.6 is 0 Å². The van der Waals surface area contributed by atoms with Gasteiger partial charge in [0.1, 0.15) is 5.82 Å². The molecular weight excluding hydrogens is 468 g/mol. The summed E-state index contributed by atoms with van der Waals surface area (Å²) in [6.07, 6.45) is 0.727. The molecule has 0 amide bonds. The third kappa shape index (κ3) is 4.61. The highest BCUT2D eigenvalue weighted by Gasteiger charge is 2.30. The molecule has 0 N–H and O–H groups in total. The molecule has 3 aromatic carbocycles. The first-order valence-electron chi connectivity index (χ1n) is 12.5. The zero-order chi connectivity index (χ0) is 25.3. The molecule has 0 unspecified atom stereocenters. The number of sulfonamides is 1. The molecule has 1 fully saturated rings. The van der Waals surface area contributed by atoms with E-state index in [1.54, 1.807) is 10.4 Å². The highest BCUT2D eigenvalue weighted by molar-refractivity contribution is 7.89. The van der Waals surface area contributed by atoms with Crippen LogP contribution in [0.1, 0.15) is 37.4 Å². The van der Waals surface area contributed by atoms with Gasteiger partial charge in [-0.2, -0.15) is 4.31 Å². The Morgan fingerprint density at radius 3 is 2.31 bits per heavy atom. The second-order valence-corrected chi connectivity index (χ2v) is 11.5. The maximum absolute atomic E-state index is 13.7. The largest absolute Gasteiger partial charge is 0.355 e. The van der Waals surface area contributed by atoms with Gasteiger partial charge in [-0.25, -0.2) is 18.4 Å². The molecule has 36 heavy (non-hydrogen) atoms. The van der Waals surface area contributed by atoms with Crippen molar-refractivity contribution in [1.29, 1.82) is 0 Å². The van der Waals surface area contributed by atoms with Crippen molar-refractivity contribution in [2.75, 3.05) is 31.1 Å². The molecule has 7 heteroatoms. The van der Waals surface area contributed by atoms with Crippen molar-refractivity contribution in [3.63, 3.8) is 0 Å². The fourth-order valence-corrected chi connectivity index (χ4v) is 6.79. The lowest BCUT2D eigenvalue weighted by Gasteiger charge is -2.27. The fraction of sp³-hybridized carbons (Fsp3) is 0.310. The Labute approximate surface area is 213 Å². The number of hydrogen-bond donors (Lipinski definition) is 0. The van der Waals surface area contributed by atoms with Crippen LogP contribution in [0.5, 0.6) is 0 Å². The van der Waals surface area contributed by atoms with Crippen molar-refractivity contribution in [1.82, 2.24) is 14.3 Å². The van der Waals surface area contributed by atoms with Crippen LogP contribution in [0.15, 0.2) is 77.7 Å². The monoisotopic (exact) mass is 500 g/mol. The molecule has 186 valence electrons. The number of hydrogen-bond acceptors (Lipinski definition) is 5. The Hall–Kier alpha value is -3.29. The van der Waals surface area contributed by atoms with Crippen LogP contribution in [0.3, 0.4) is 0 Å². The standard InChI is InChI=1S/C29H32N4O2S/c1-21(2)27-22(3)30-28(24-12-5-4-6-13-24)31-29(27)32-17-10-18-33(20-19-32)36(34,35)26-16-9-14-23-11-7-8-15-25(23)26/h4-9,11-16,21H,10,17-20H2,1-3H3. The van der Waals surface area contributed by atoms with Gasteiger partial charge in [0, 0.05) is 48.4 Å². The average molecular weight is 501 g/mol. The first-order chi connectivity index (χ1) is 17.4. The Morgan fingerprint density at radius 2 is 1.53 bits per heavy atom. The van der Waals surface area contributed by atoms with Crippen LogP contribution in [-0.4, -0.2) is 48.9 Å². The second kappa shape index (κ2) is 9.99. The number of benzene rings is 3. The topological polar surface area (TPSA) is 66.4 Å². The molecule has 0 radical (unpaired) electrons. The van der Waals surface area contributed by atoms with E-state index < -0.39 is 10.0 Å². The molecule has 0 saturated carbocycles. The van der Waals surface area contributed by atoms with Crippen molar-refractivity contribution in [2.24, 2.45) is 0 Å². The summed E-state index contributed by atoms with van der Waals surface area (Å²) in [7, 11) is -3.63. The third-order valence-corrected chi connectivity index (χ3v) is 8.80. The normalized spacial score (nSPS) is 15.4. The van der Waals surface area contributed by atoms with Crippen molar-refractivity contribution in [3.8, 4) is 11.4 Å². The molecule has 0 aliphatic carbocycles. The minimum absolute atomic E-state index is 0.253. The van der Waals surface area contributed by atoms with Gasteiger partial charge in [0.15, 0.2) is 5.82 Å². The highest BCUT2D eigenvalue weighted by atomic mass is 32.2. The van der Waals surface area contributed by atoms with E-state index in [9.17, 15) is 8.42 Å². The van der Waals surface area contributed by atoms with Crippen LogP contribution in [0.2, 0.25) is 0 Å². The number of rotatable bonds is 5. The molecule has 5 rings (SSSR count). The van der Waals surface area contributed by atoms with E-state index in [1.807, 2.05) is 73.7 Å². The van der Waals surface area contributed by atoms with Gasteiger partial charge in [-0.05, 0) is 30.7 Å². The van der Waals surface area contributed by atoms with Crippen LogP contribution in [0, 0.1) is 6.92 Å². The Bertz CT molecular complexity index is 1480. The van der Waals surface area contributed by atoms with Gasteiger partial charge in [0.2, 0.25) is 10.0 Å². The van der Waals surface area contributed by atoms with Crippen molar-refractivity contribution in [2.45, 2.75) is 38.0 Å². The van der Waals surface area contributed by atoms with E-state index >= 15 is 0 Å². The van der Waals surface area contributed by atoms with Crippen molar-refractivity contribution < 1.29 is 8.42 Å². The molecule has 1 aromatic heterocycles. The molecule has 1 aliphatic rings. The van der Waals surface area contributed by atoms with Gasteiger partial charge in [0.05, 0.1) is 4.90 Å². The van der Waals surface area contributed by atoms with Gasteiger partial charge < -0.3 is 4.90 Å². The molecule has 0 atom stereocenters. The summed E-state index contributed by atoms with van der Waals surface area (Å²) >= 11 is 0. The molecule has 1 aliphatic heterocycles. The molecule has 4 aromatic rings. The van der Waals surface area contributed by atoms with E-state index in [0.29, 0.717) is 30.4 Å². The van der Waals surface area contributed by atoms with Gasteiger partial charge in [-0.15, -0.1) is 0 Å². The SMILES string of the molecule is Cc1nc(-c2ccccc2)nc(N2CCCN(S(=O)(=O)c3cccc4ccccc34)CC2)c1C(C)C. The van der Waals surface area contributed by atoms with E-state index in [0.717, 1.165) is 46.4 Å². The van der Waals surface area contributed by atoms with E-state index in [2.05, 4.69) is 18.7 Å². The summed E-state index contributed by atoms with van der Waals surface area (Å²) in [6, 6.07) is 23.2. The van der Waals surface area contributed by atoms with Crippen LogP contribution in [0.4, 0.5) is 5.82 Å². The lowest BCUT2D eigenvalue weighted by atomic mass is 10.0. The van der Waals surface area contributed by atoms with Gasteiger partial charge in [0.25, 0.3) is 0 Å². The number of fused-ring (bicyclic) bond motifs is 1. The summed E-state index contributed by atoms with van der Waals surface area (Å²) in [6.45, 7) is 8.57. The first-order valence-corrected chi connectivity index (χ1v) is 14.0. The number of nitrogens with zero attached hydrogens (tertiary/aromatic N) is 4. The molecule has 0 bridgehead atoms. The van der Waals surface area contributed by atoms with Gasteiger partial charge >= 0.3 is 0 Å². The third-order valence-electron chi connectivity index (χ3n) is 6.85. The number of anilines is 1. The summed E-state index contributed by atoms with van der Waals surface area (Å²) in [5.74, 6) is 1.88. The van der Waals surface area contributed by atoms with E-state index in [-0.39, 0.29) is 5.92 Å². The minimum Gasteiger partial charge on any atom is -0.355 e. The zero-order valence-corrected chi connectivity index (χ0v) is 21.9. The van der Waals surface area contributed by atoms with Crippen LogP contribution in [-0.2, 0) is 10.0 Å². The fourth-order valence-electron chi connectivity index (χ4n) is 5.11. The molecular formula is C29H32N4O2S. The Kier molecular flexibility index (Phi) is 6.77. The molecule has 0 spiro atoms. The van der Waals surface area contributed by atoms with Gasteiger partial charge in [-0.1, -0.05) is 80.6 Å². The van der Waals surface area contributed by atoms with Crippen LogP contribution < -0.4 is 4.90 Å².